The number of hydrogen-bond donors (Lipinski definition) is 1. The first-order valence-corrected chi connectivity index (χ1v) is 9.95. The molecule has 8 nitrogen and oxygen atoms in total. The van der Waals surface area contributed by atoms with Crippen molar-refractivity contribution in [2.24, 2.45) is 12.2 Å². The first-order chi connectivity index (χ1) is 15.1. The van der Waals surface area contributed by atoms with Gasteiger partial charge >= 0.3 is 0 Å². The molecule has 4 aromatic rings. The second-order valence-electron chi connectivity index (χ2n) is 7.54. The van der Waals surface area contributed by atoms with Crippen LogP contribution in [0.3, 0.4) is 0 Å². The molecule has 2 aromatic heterocycles. The highest BCUT2D eigenvalue weighted by molar-refractivity contribution is 5.55. The average molecular weight is 414 g/mol. The third-order valence-corrected chi connectivity index (χ3v) is 5.56. The van der Waals surface area contributed by atoms with E-state index >= 15 is 0 Å². The number of benzene rings is 2. The lowest BCUT2D eigenvalue weighted by molar-refractivity contribution is 0.587. The van der Waals surface area contributed by atoms with Crippen LogP contribution in [0.2, 0.25) is 0 Å². The lowest BCUT2D eigenvalue weighted by Gasteiger charge is -2.23. The topological polar surface area (TPSA) is 106 Å². The molecule has 0 fully saturated rings. The van der Waals surface area contributed by atoms with Gasteiger partial charge in [-0.1, -0.05) is 53.7 Å². The van der Waals surface area contributed by atoms with Crippen molar-refractivity contribution >= 4 is 0 Å². The Morgan fingerprint density at radius 3 is 2.42 bits per heavy atom. The van der Waals surface area contributed by atoms with Crippen molar-refractivity contribution < 1.29 is 0 Å². The van der Waals surface area contributed by atoms with Crippen LogP contribution in [-0.2, 0) is 7.05 Å². The van der Waals surface area contributed by atoms with Gasteiger partial charge in [-0.2, -0.15) is 10.1 Å². The molecule has 0 bridgehead atoms. The molecule has 0 radical (unpaired) electrons. The Kier molecular flexibility index (Phi) is 5.79. The molecule has 156 valence electrons. The van der Waals surface area contributed by atoms with E-state index in [1.165, 1.54) is 10.6 Å². The van der Waals surface area contributed by atoms with Crippen LogP contribution in [0.1, 0.15) is 40.6 Å². The molecule has 4 rings (SSSR count). The average Bonchev–Trinajstić information content (AvgIpc) is 3.33. The number of aryl methyl sites for hydroxylation is 2. The van der Waals surface area contributed by atoms with E-state index in [4.69, 9.17) is 0 Å². The molecule has 31 heavy (non-hydrogen) atoms. The van der Waals surface area contributed by atoms with Crippen molar-refractivity contribution in [1.82, 2.24) is 25.2 Å². The molecule has 8 heteroatoms. The van der Waals surface area contributed by atoms with Crippen LogP contribution in [0.4, 0.5) is 0 Å². The van der Waals surface area contributed by atoms with Crippen LogP contribution < -0.4 is 5.56 Å². The van der Waals surface area contributed by atoms with Gasteiger partial charge in [-0.05, 0) is 46.9 Å². The summed E-state index contributed by atoms with van der Waals surface area (Å²) in [5.41, 5.74) is 4.78. The Labute approximate surface area is 178 Å². The zero-order chi connectivity index (χ0) is 21.8. The highest BCUT2D eigenvalue weighted by atomic mass is 16.3. The standard InChI is InChI=1S/C23H22N6O2/c1-15-5-3-4-6-19(15)20(13-21(26-31)18-11-12-22(30)29(2)14-18)16-7-9-17(10-8-16)23-24-27-28-25-23/h3-12,14,20-21H,13H2,1-2H3,(H,24,25,27,28). The van der Waals surface area contributed by atoms with Gasteiger partial charge in [0.05, 0.1) is 0 Å². The Balaban J connectivity index is 1.72. The quantitative estimate of drug-likeness (QED) is 0.462. The minimum Gasteiger partial charge on any atom is -0.318 e. The summed E-state index contributed by atoms with van der Waals surface area (Å²) in [5.74, 6) is 0.470. The van der Waals surface area contributed by atoms with Gasteiger partial charge in [0.1, 0.15) is 6.04 Å². The first-order valence-electron chi connectivity index (χ1n) is 9.95. The van der Waals surface area contributed by atoms with E-state index in [0.717, 1.165) is 27.8 Å². The van der Waals surface area contributed by atoms with Crippen LogP contribution in [0.15, 0.2) is 76.8 Å². The summed E-state index contributed by atoms with van der Waals surface area (Å²) in [4.78, 5) is 23.6. The molecule has 2 aromatic carbocycles. The Morgan fingerprint density at radius 2 is 1.77 bits per heavy atom. The summed E-state index contributed by atoms with van der Waals surface area (Å²) in [6.07, 6.45) is 2.16. The van der Waals surface area contributed by atoms with Crippen LogP contribution >= 0.6 is 0 Å². The summed E-state index contributed by atoms with van der Waals surface area (Å²) in [7, 11) is 1.67. The molecule has 0 aliphatic carbocycles. The van der Waals surface area contributed by atoms with Crippen molar-refractivity contribution in [3.8, 4) is 11.4 Å². The maximum absolute atomic E-state index is 11.8. The first kappa shape index (κ1) is 20.3. The fraction of sp³-hybridized carbons (Fsp3) is 0.217. The molecule has 0 spiro atoms. The van der Waals surface area contributed by atoms with Crippen LogP contribution in [-0.4, -0.2) is 25.2 Å². The second kappa shape index (κ2) is 8.83. The van der Waals surface area contributed by atoms with Crippen LogP contribution in [0, 0.1) is 11.8 Å². The predicted molar refractivity (Wildman–Crippen MR) is 117 cm³/mol. The predicted octanol–water partition coefficient (Wildman–Crippen LogP) is 3.90. The number of aromatic amines is 1. The van der Waals surface area contributed by atoms with Gasteiger partial charge in [0.25, 0.3) is 0 Å². The molecule has 0 saturated heterocycles. The fourth-order valence-electron chi connectivity index (χ4n) is 3.84. The Morgan fingerprint density at radius 1 is 1.03 bits per heavy atom. The van der Waals surface area contributed by atoms with Crippen LogP contribution in [0.25, 0.3) is 11.4 Å². The van der Waals surface area contributed by atoms with Gasteiger partial charge in [-0.15, -0.1) is 10.2 Å². The molecule has 0 aliphatic heterocycles. The van der Waals surface area contributed by atoms with E-state index in [1.54, 1.807) is 19.3 Å². The highest BCUT2D eigenvalue weighted by Gasteiger charge is 2.24. The van der Waals surface area contributed by atoms with Crippen molar-refractivity contribution in [2.45, 2.75) is 25.3 Å². The lowest BCUT2D eigenvalue weighted by atomic mass is 9.82. The van der Waals surface area contributed by atoms with Crippen molar-refractivity contribution in [3.63, 3.8) is 0 Å². The number of pyridine rings is 1. The smallest absolute Gasteiger partial charge is 0.250 e. The van der Waals surface area contributed by atoms with E-state index in [-0.39, 0.29) is 11.5 Å². The lowest BCUT2D eigenvalue weighted by Crippen LogP contribution is -2.16. The largest absolute Gasteiger partial charge is 0.318 e. The van der Waals surface area contributed by atoms with Gasteiger partial charge < -0.3 is 4.57 Å². The van der Waals surface area contributed by atoms with Crippen LogP contribution in [0.5, 0.6) is 0 Å². The van der Waals surface area contributed by atoms with E-state index in [1.807, 2.05) is 36.4 Å². The normalized spacial score (nSPS) is 13.0. The number of hydrogen-bond acceptors (Lipinski definition) is 6. The number of nitrogens with one attached hydrogen (secondary N) is 1. The number of nitrogens with zero attached hydrogens (tertiary/aromatic N) is 5. The molecular weight excluding hydrogens is 392 g/mol. The van der Waals surface area contributed by atoms with Gasteiger partial charge in [0.2, 0.25) is 11.4 Å². The van der Waals surface area contributed by atoms with Gasteiger partial charge in [-0.25, -0.2) is 0 Å². The summed E-state index contributed by atoms with van der Waals surface area (Å²) < 4.78 is 1.47. The maximum atomic E-state index is 11.8. The molecule has 2 heterocycles. The summed E-state index contributed by atoms with van der Waals surface area (Å²) >= 11 is 0. The number of aromatic nitrogens is 5. The maximum Gasteiger partial charge on any atom is 0.250 e. The second-order valence-corrected chi connectivity index (χ2v) is 7.54. The number of rotatable bonds is 7. The zero-order valence-electron chi connectivity index (χ0n) is 17.3. The van der Waals surface area contributed by atoms with E-state index < -0.39 is 6.04 Å². The molecule has 0 aliphatic rings. The summed E-state index contributed by atoms with van der Waals surface area (Å²) in [5, 5.41) is 17.5. The van der Waals surface area contributed by atoms with Gasteiger partial charge in [0, 0.05) is 30.8 Å². The zero-order valence-corrected chi connectivity index (χ0v) is 17.3. The van der Waals surface area contributed by atoms with Gasteiger partial charge in [-0.3, -0.25) is 4.79 Å². The summed E-state index contributed by atoms with van der Waals surface area (Å²) in [6.45, 7) is 2.06. The van der Waals surface area contributed by atoms with Crippen molar-refractivity contribution in [1.29, 1.82) is 0 Å². The highest BCUT2D eigenvalue weighted by Crippen LogP contribution is 2.37. The summed E-state index contributed by atoms with van der Waals surface area (Å²) in [6, 6.07) is 18.6. The van der Waals surface area contributed by atoms with E-state index in [0.29, 0.717) is 12.2 Å². The number of H-pyrrole nitrogens is 1. The van der Waals surface area contributed by atoms with Crippen molar-refractivity contribution in [3.05, 3.63) is 104 Å². The molecule has 2 atom stereocenters. The van der Waals surface area contributed by atoms with Gasteiger partial charge in [0.15, 0.2) is 0 Å². The molecule has 0 saturated carbocycles. The number of tetrazole rings is 1. The van der Waals surface area contributed by atoms with E-state index in [9.17, 15) is 9.70 Å². The SMILES string of the molecule is Cc1ccccc1C(CC(N=O)c1ccc(=O)n(C)c1)c1ccc(-c2nn[nH]n2)cc1. The molecule has 0 amide bonds. The third kappa shape index (κ3) is 4.32. The molecule has 1 N–H and O–H groups in total. The Bertz CT molecular complexity index is 1230. The minimum atomic E-state index is -0.590. The fourth-order valence-corrected chi connectivity index (χ4v) is 3.84. The Hall–Kier alpha value is -3.94. The number of nitroso groups, excluding NO2 is 1. The molecule has 2 unspecified atom stereocenters. The van der Waals surface area contributed by atoms with E-state index in [2.05, 4.69) is 44.9 Å². The van der Waals surface area contributed by atoms with Crippen molar-refractivity contribution in [2.75, 3.05) is 0 Å². The third-order valence-electron chi connectivity index (χ3n) is 5.56. The minimum absolute atomic E-state index is 0.0551. The molecular formula is C23H22N6O2. The monoisotopic (exact) mass is 414 g/mol.